The van der Waals surface area contributed by atoms with Crippen molar-refractivity contribution in [2.75, 3.05) is 40.9 Å². The Morgan fingerprint density at radius 1 is 0.784 bits per heavy atom. The molecule has 1 heterocycles. The van der Waals surface area contributed by atoms with E-state index in [0.29, 0.717) is 23.6 Å². The molecule has 10 heteroatoms. The van der Waals surface area contributed by atoms with E-state index in [9.17, 15) is 19.4 Å². The van der Waals surface area contributed by atoms with Gasteiger partial charge in [0, 0.05) is 6.42 Å². The highest BCUT2D eigenvalue weighted by Crippen LogP contribution is 2.38. The first-order valence-corrected chi connectivity index (χ1v) is 21.2. The zero-order valence-corrected chi connectivity index (χ0v) is 33.6. The molecule has 1 fully saturated rings. The van der Waals surface area contributed by atoms with Gasteiger partial charge in [-0.2, -0.15) is 0 Å². The van der Waals surface area contributed by atoms with Crippen LogP contribution in [0.25, 0.3) is 0 Å². The molecule has 0 aromatic heterocycles. The van der Waals surface area contributed by atoms with Crippen LogP contribution in [0.2, 0.25) is 0 Å². The summed E-state index contributed by atoms with van der Waals surface area (Å²) in [5, 5.41) is 13.6. The average molecular weight is 737 g/mol. The van der Waals surface area contributed by atoms with Gasteiger partial charge in [-0.25, -0.2) is 0 Å². The van der Waals surface area contributed by atoms with Crippen LogP contribution in [0.4, 0.5) is 0 Å². The number of aliphatic hydroxyl groups is 1. The van der Waals surface area contributed by atoms with Crippen molar-refractivity contribution < 1.29 is 37.6 Å². The second-order valence-electron chi connectivity index (χ2n) is 14.7. The predicted octanol–water partition coefficient (Wildman–Crippen LogP) is 8.65. The fourth-order valence-electron chi connectivity index (χ4n) is 5.26. The van der Waals surface area contributed by atoms with Crippen molar-refractivity contribution >= 4 is 13.7 Å². The molecule has 1 aliphatic heterocycles. The van der Waals surface area contributed by atoms with Gasteiger partial charge < -0.3 is 33.6 Å². The zero-order chi connectivity index (χ0) is 37.6. The molecule has 1 saturated heterocycles. The Hall–Kier alpha value is -1.84. The Kier molecular flexibility index (Phi) is 27.4. The molecule has 9 nitrogen and oxygen atoms in total. The second-order valence-corrected chi connectivity index (χ2v) is 16.1. The van der Waals surface area contributed by atoms with Crippen LogP contribution >= 0.6 is 7.82 Å². The van der Waals surface area contributed by atoms with E-state index in [-0.39, 0.29) is 25.0 Å². The maximum absolute atomic E-state index is 12.8. The van der Waals surface area contributed by atoms with Gasteiger partial charge in [-0.15, -0.1) is 0 Å². The number of ether oxygens (including phenoxy) is 1. The van der Waals surface area contributed by atoms with E-state index in [1.54, 1.807) is 6.08 Å². The number of quaternary nitrogens is 1. The maximum atomic E-state index is 12.8. The Morgan fingerprint density at radius 3 is 2.04 bits per heavy atom. The van der Waals surface area contributed by atoms with Crippen molar-refractivity contribution in [3.63, 3.8) is 0 Å². The molecule has 3 unspecified atom stereocenters. The molecule has 1 rings (SSSR count). The number of hydrogen-bond donors (Lipinski definition) is 2. The Balaban J connectivity index is 2.45. The summed E-state index contributed by atoms with van der Waals surface area (Å²) in [4.78, 5) is 25.2. The van der Waals surface area contributed by atoms with Gasteiger partial charge in [0.15, 0.2) is 0 Å². The van der Waals surface area contributed by atoms with E-state index in [2.05, 4.69) is 67.8 Å². The molecule has 0 saturated carbocycles. The number of amides is 1. The van der Waals surface area contributed by atoms with Crippen LogP contribution in [-0.4, -0.2) is 80.8 Å². The standard InChI is InChI=1S/C41H73N2O7P/c1-6-8-10-12-14-16-17-19-20-22-26-30-38(44)37(36-49-51(46,47)48-35-34-43(3,4)5)42-41(45)33-29-25-24-28-32-40-39(50-40)31-27-23-21-18-15-13-11-9-7-2/h15,17-19,23-24,26-28,30,37-40,44H,6-14,16,20-22,25,29,31-36H2,1-5H3,(H-,42,45,46,47)/b18-15-,19-17-,27-23-,28-24-,30-26+/t37-,38+,39?,40?/m0/s1. The molecule has 0 bridgehead atoms. The zero-order valence-electron chi connectivity index (χ0n) is 32.7. The van der Waals surface area contributed by atoms with E-state index < -0.39 is 26.6 Å². The largest absolute Gasteiger partial charge is 0.756 e. The number of nitrogens with one attached hydrogen (secondary N) is 1. The molecule has 1 aliphatic rings. The highest BCUT2D eigenvalue weighted by atomic mass is 31.2. The molecule has 0 spiro atoms. The molecule has 0 radical (unpaired) electrons. The molecule has 5 atom stereocenters. The number of allylic oxidation sites excluding steroid dienone is 7. The van der Waals surface area contributed by atoms with Gasteiger partial charge in [-0.1, -0.05) is 113 Å². The Bertz CT molecular complexity index is 1080. The van der Waals surface area contributed by atoms with Gasteiger partial charge in [-0.3, -0.25) is 9.36 Å². The molecule has 51 heavy (non-hydrogen) atoms. The number of aliphatic hydroxyl groups excluding tert-OH is 1. The van der Waals surface area contributed by atoms with Crippen molar-refractivity contribution in [3.8, 4) is 0 Å². The predicted molar refractivity (Wildman–Crippen MR) is 209 cm³/mol. The number of nitrogens with zero attached hydrogens (tertiary/aromatic N) is 1. The lowest BCUT2D eigenvalue weighted by molar-refractivity contribution is -0.870. The van der Waals surface area contributed by atoms with Crippen LogP contribution in [0, 0.1) is 0 Å². The quantitative estimate of drug-likeness (QED) is 0.0228. The first-order valence-electron chi connectivity index (χ1n) is 19.8. The summed E-state index contributed by atoms with van der Waals surface area (Å²) >= 11 is 0. The van der Waals surface area contributed by atoms with Crippen LogP contribution in [0.5, 0.6) is 0 Å². The lowest BCUT2D eigenvalue weighted by atomic mass is 10.1. The number of phosphoric acid groups is 1. The lowest BCUT2D eigenvalue weighted by Gasteiger charge is -2.29. The van der Waals surface area contributed by atoms with Crippen molar-refractivity contribution in [2.24, 2.45) is 0 Å². The molecule has 0 aliphatic carbocycles. The number of rotatable bonds is 33. The van der Waals surface area contributed by atoms with Crippen molar-refractivity contribution in [3.05, 3.63) is 60.8 Å². The summed E-state index contributed by atoms with van der Waals surface area (Å²) in [6.45, 7) is 4.47. The van der Waals surface area contributed by atoms with Crippen LogP contribution < -0.4 is 10.2 Å². The van der Waals surface area contributed by atoms with Crippen LogP contribution in [-0.2, 0) is 23.1 Å². The van der Waals surface area contributed by atoms with Gasteiger partial charge in [0.25, 0.3) is 7.82 Å². The van der Waals surface area contributed by atoms with E-state index in [0.717, 1.165) is 44.9 Å². The summed E-state index contributed by atoms with van der Waals surface area (Å²) < 4.78 is 28.8. The fourth-order valence-corrected chi connectivity index (χ4v) is 5.98. The van der Waals surface area contributed by atoms with Crippen LogP contribution in [0.15, 0.2) is 60.8 Å². The number of carbonyl (C=O) groups excluding carboxylic acids is 1. The average Bonchev–Trinajstić information content (AvgIpc) is 3.83. The summed E-state index contributed by atoms with van der Waals surface area (Å²) in [5.74, 6) is -0.272. The number of phosphoric ester groups is 1. The second kappa shape index (κ2) is 29.6. The van der Waals surface area contributed by atoms with E-state index in [1.165, 1.54) is 57.8 Å². The van der Waals surface area contributed by atoms with Crippen molar-refractivity contribution in [2.45, 2.75) is 154 Å². The number of likely N-dealkylation sites (N-methyl/N-ethyl adjacent to an activating group) is 1. The Labute approximate surface area is 311 Å². The van der Waals surface area contributed by atoms with Gasteiger partial charge in [0.05, 0.1) is 52.1 Å². The van der Waals surface area contributed by atoms with E-state index >= 15 is 0 Å². The third-order valence-electron chi connectivity index (χ3n) is 8.60. The highest BCUT2D eigenvalue weighted by Gasteiger charge is 2.36. The molecular weight excluding hydrogens is 663 g/mol. The summed E-state index contributed by atoms with van der Waals surface area (Å²) in [5.41, 5.74) is 0. The summed E-state index contributed by atoms with van der Waals surface area (Å²) in [6.07, 6.45) is 38.7. The minimum absolute atomic E-state index is 0.0226. The number of carbonyl (C=O) groups is 1. The van der Waals surface area contributed by atoms with E-state index in [4.69, 9.17) is 13.8 Å². The van der Waals surface area contributed by atoms with Gasteiger partial charge in [0.1, 0.15) is 13.2 Å². The van der Waals surface area contributed by atoms with Crippen LogP contribution in [0.1, 0.15) is 129 Å². The monoisotopic (exact) mass is 737 g/mol. The van der Waals surface area contributed by atoms with Crippen molar-refractivity contribution in [1.29, 1.82) is 0 Å². The first kappa shape index (κ1) is 47.2. The third kappa shape index (κ3) is 29.3. The molecule has 0 aromatic rings. The van der Waals surface area contributed by atoms with Crippen LogP contribution in [0.3, 0.4) is 0 Å². The highest BCUT2D eigenvalue weighted by molar-refractivity contribution is 7.45. The molecular formula is C41H73N2O7P. The molecule has 0 aromatic carbocycles. The third-order valence-corrected chi connectivity index (χ3v) is 9.57. The topological polar surface area (TPSA) is 120 Å². The molecule has 294 valence electrons. The van der Waals surface area contributed by atoms with Crippen molar-refractivity contribution in [1.82, 2.24) is 5.32 Å². The first-order chi connectivity index (χ1) is 24.5. The number of hydrogen-bond acceptors (Lipinski definition) is 7. The van der Waals surface area contributed by atoms with Gasteiger partial charge in [-0.05, 0) is 70.6 Å². The summed E-state index contributed by atoms with van der Waals surface area (Å²) in [6, 6.07) is -0.938. The minimum Gasteiger partial charge on any atom is -0.756 e. The van der Waals surface area contributed by atoms with E-state index in [1.807, 2.05) is 27.2 Å². The fraction of sp³-hybridized carbons (Fsp3) is 0.732. The normalized spacial score (nSPS) is 19.2. The maximum Gasteiger partial charge on any atom is 0.268 e. The SMILES string of the molecule is CCCCC/C=C\C/C=C\CC1OC1C/C=C\CCCC(=O)N[C@@H](COP(=O)([O-])OCC[N+](C)(C)C)[C@H](O)/C=C/CC/C=C\CCCCCCC. The number of unbranched alkanes of at least 4 members (excludes halogenated alkanes) is 10. The molecule has 2 N–H and O–H groups in total. The smallest absolute Gasteiger partial charge is 0.268 e. The lowest BCUT2D eigenvalue weighted by Crippen LogP contribution is -2.45. The van der Waals surface area contributed by atoms with Gasteiger partial charge in [0.2, 0.25) is 5.91 Å². The number of epoxide rings is 1. The minimum atomic E-state index is -4.61. The Morgan fingerprint density at radius 2 is 1.33 bits per heavy atom. The van der Waals surface area contributed by atoms with Gasteiger partial charge >= 0.3 is 0 Å². The molecule has 1 amide bonds. The summed E-state index contributed by atoms with van der Waals surface area (Å²) in [7, 11) is 1.18.